The molecule has 0 saturated heterocycles. The summed E-state index contributed by atoms with van der Waals surface area (Å²) in [6.45, 7) is 1.29. The zero-order chi connectivity index (χ0) is 15.0. The zero-order valence-electron chi connectivity index (χ0n) is 11.6. The van der Waals surface area contributed by atoms with Gasteiger partial charge in [-0.3, -0.25) is 10.1 Å². The first kappa shape index (κ1) is 16.2. The van der Waals surface area contributed by atoms with Crippen LogP contribution in [0.2, 0.25) is 0 Å². The van der Waals surface area contributed by atoms with Crippen LogP contribution in [-0.4, -0.2) is 32.3 Å². The summed E-state index contributed by atoms with van der Waals surface area (Å²) in [5, 5.41) is 13.6. The van der Waals surface area contributed by atoms with Crippen LogP contribution < -0.4 is 10.1 Å². The van der Waals surface area contributed by atoms with Crippen LogP contribution in [0.5, 0.6) is 5.75 Å². The third kappa shape index (κ3) is 4.65. The van der Waals surface area contributed by atoms with E-state index >= 15 is 0 Å². The Morgan fingerprint density at radius 3 is 2.65 bits per heavy atom. The summed E-state index contributed by atoms with van der Waals surface area (Å²) in [7, 11) is 2.96. The first-order valence-corrected chi connectivity index (χ1v) is 6.35. The standard InChI is InChI=1S/C13H19FN2O4/c1-19-7-5-3-4-6-15-11-9-13(20-2)12(16(17)18)8-10(11)14/h8-9,15H,3-7H2,1-2H3. The van der Waals surface area contributed by atoms with Crippen LogP contribution in [0.25, 0.3) is 0 Å². The highest BCUT2D eigenvalue weighted by Crippen LogP contribution is 2.32. The number of nitro groups is 1. The third-order valence-electron chi connectivity index (χ3n) is 2.81. The van der Waals surface area contributed by atoms with Crippen molar-refractivity contribution in [1.82, 2.24) is 0 Å². The van der Waals surface area contributed by atoms with Crippen molar-refractivity contribution < 1.29 is 18.8 Å². The van der Waals surface area contributed by atoms with Crippen molar-refractivity contribution >= 4 is 11.4 Å². The summed E-state index contributed by atoms with van der Waals surface area (Å²) >= 11 is 0. The molecule has 0 fully saturated rings. The van der Waals surface area contributed by atoms with Crippen molar-refractivity contribution in [2.24, 2.45) is 0 Å². The van der Waals surface area contributed by atoms with E-state index in [1.165, 1.54) is 13.2 Å². The Labute approximate surface area is 117 Å². The van der Waals surface area contributed by atoms with Crippen LogP contribution in [0.4, 0.5) is 15.8 Å². The number of ether oxygens (including phenoxy) is 2. The Kier molecular flexibility index (Phi) is 6.72. The minimum atomic E-state index is -0.670. The Morgan fingerprint density at radius 1 is 1.30 bits per heavy atom. The fourth-order valence-corrected chi connectivity index (χ4v) is 1.76. The van der Waals surface area contributed by atoms with Gasteiger partial charge < -0.3 is 14.8 Å². The van der Waals surface area contributed by atoms with Crippen molar-refractivity contribution in [3.8, 4) is 5.75 Å². The van der Waals surface area contributed by atoms with Gasteiger partial charge >= 0.3 is 5.69 Å². The van der Waals surface area contributed by atoms with Gasteiger partial charge in [0.05, 0.1) is 23.8 Å². The predicted molar refractivity (Wildman–Crippen MR) is 73.8 cm³/mol. The Balaban J connectivity index is 2.60. The van der Waals surface area contributed by atoms with Gasteiger partial charge in [0, 0.05) is 26.3 Å². The summed E-state index contributed by atoms with van der Waals surface area (Å²) in [5.41, 5.74) is -0.171. The van der Waals surface area contributed by atoms with Gasteiger partial charge in [-0.2, -0.15) is 0 Å². The van der Waals surface area contributed by atoms with E-state index < -0.39 is 10.7 Å². The number of unbranched alkanes of at least 4 members (excludes halogenated alkanes) is 2. The van der Waals surface area contributed by atoms with E-state index in [-0.39, 0.29) is 17.1 Å². The summed E-state index contributed by atoms with van der Waals surface area (Å²) in [5.74, 6) is -0.618. The number of anilines is 1. The fraction of sp³-hybridized carbons (Fsp3) is 0.538. The number of nitrogens with one attached hydrogen (secondary N) is 1. The predicted octanol–water partition coefficient (Wildman–Crippen LogP) is 2.97. The van der Waals surface area contributed by atoms with Crippen LogP contribution in [0, 0.1) is 15.9 Å². The molecule has 0 amide bonds. The number of benzene rings is 1. The van der Waals surface area contributed by atoms with Gasteiger partial charge in [0.1, 0.15) is 0 Å². The zero-order valence-corrected chi connectivity index (χ0v) is 11.6. The molecule has 0 radical (unpaired) electrons. The highest BCUT2D eigenvalue weighted by Gasteiger charge is 2.18. The average molecular weight is 286 g/mol. The molecular formula is C13H19FN2O4. The van der Waals surface area contributed by atoms with E-state index in [2.05, 4.69) is 5.32 Å². The molecule has 0 aliphatic rings. The highest BCUT2D eigenvalue weighted by molar-refractivity contribution is 5.59. The molecule has 1 rings (SSSR count). The van der Waals surface area contributed by atoms with E-state index in [4.69, 9.17) is 9.47 Å². The Hall–Kier alpha value is -1.89. The number of nitrogens with zero attached hydrogens (tertiary/aromatic N) is 1. The second-order valence-corrected chi connectivity index (χ2v) is 4.24. The lowest BCUT2D eigenvalue weighted by atomic mass is 10.2. The number of rotatable bonds is 9. The number of hydrogen-bond donors (Lipinski definition) is 1. The Bertz CT molecular complexity index is 454. The molecule has 0 aromatic heterocycles. The molecule has 1 aromatic rings. The smallest absolute Gasteiger partial charge is 0.313 e. The monoisotopic (exact) mass is 286 g/mol. The van der Waals surface area contributed by atoms with Gasteiger partial charge in [0.15, 0.2) is 11.6 Å². The molecule has 0 bridgehead atoms. The first-order valence-electron chi connectivity index (χ1n) is 6.35. The maximum absolute atomic E-state index is 13.7. The summed E-state index contributed by atoms with van der Waals surface area (Å²) < 4.78 is 23.5. The Morgan fingerprint density at radius 2 is 2.05 bits per heavy atom. The van der Waals surface area contributed by atoms with Gasteiger partial charge in [-0.1, -0.05) is 0 Å². The minimum Gasteiger partial charge on any atom is -0.490 e. The molecule has 0 aliphatic heterocycles. The topological polar surface area (TPSA) is 73.6 Å². The van der Waals surface area contributed by atoms with E-state index in [9.17, 15) is 14.5 Å². The molecule has 0 saturated carbocycles. The van der Waals surface area contributed by atoms with Crippen molar-refractivity contribution in [2.45, 2.75) is 19.3 Å². The molecular weight excluding hydrogens is 267 g/mol. The number of hydrogen-bond acceptors (Lipinski definition) is 5. The van der Waals surface area contributed by atoms with Crippen LogP contribution >= 0.6 is 0 Å². The molecule has 20 heavy (non-hydrogen) atoms. The van der Waals surface area contributed by atoms with Crippen LogP contribution in [0.15, 0.2) is 12.1 Å². The lowest BCUT2D eigenvalue weighted by Gasteiger charge is -2.09. The van der Waals surface area contributed by atoms with Gasteiger partial charge in [-0.05, 0) is 19.3 Å². The molecule has 0 spiro atoms. The number of halogens is 1. The molecule has 1 aromatic carbocycles. The van der Waals surface area contributed by atoms with Crippen LogP contribution in [0.1, 0.15) is 19.3 Å². The van der Waals surface area contributed by atoms with Crippen molar-refractivity contribution in [3.63, 3.8) is 0 Å². The first-order chi connectivity index (χ1) is 9.60. The maximum Gasteiger partial charge on any atom is 0.313 e. The highest BCUT2D eigenvalue weighted by atomic mass is 19.1. The minimum absolute atomic E-state index is 0.0401. The molecule has 0 heterocycles. The molecule has 0 unspecified atom stereocenters. The van der Waals surface area contributed by atoms with Crippen molar-refractivity contribution in [3.05, 3.63) is 28.1 Å². The van der Waals surface area contributed by atoms with Crippen LogP contribution in [0.3, 0.4) is 0 Å². The maximum atomic E-state index is 13.7. The number of methoxy groups -OCH3 is 2. The van der Waals surface area contributed by atoms with E-state index in [1.807, 2.05) is 0 Å². The normalized spacial score (nSPS) is 10.3. The molecule has 1 N–H and O–H groups in total. The van der Waals surface area contributed by atoms with E-state index in [0.29, 0.717) is 13.2 Å². The van der Waals surface area contributed by atoms with Crippen molar-refractivity contribution in [1.29, 1.82) is 0 Å². The third-order valence-corrected chi connectivity index (χ3v) is 2.81. The van der Waals surface area contributed by atoms with Gasteiger partial charge in [0.25, 0.3) is 0 Å². The summed E-state index contributed by atoms with van der Waals surface area (Å²) in [4.78, 5) is 10.1. The quantitative estimate of drug-likeness (QED) is 0.429. The van der Waals surface area contributed by atoms with Gasteiger partial charge in [0.2, 0.25) is 0 Å². The molecule has 6 nitrogen and oxygen atoms in total. The lowest BCUT2D eigenvalue weighted by molar-refractivity contribution is -0.385. The molecule has 112 valence electrons. The van der Waals surface area contributed by atoms with E-state index in [0.717, 1.165) is 25.3 Å². The van der Waals surface area contributed by atoms with Gasteiger partial charge in [-0.25, -0.2) is 4.39 Å². The molecule has 0 aliphatic carbocycles. The largest absolute Gasteiger partial charge is 0.490 e. The lowest BCUT2D eigenvalue weighted by Crippen LogP contribution is -2.05. The molecule has 7 heteroatoms. The summed E-state index contributed by atoms with van der Waals surface area (Å²) in [6, 6.07) is 2.18. The SMILES string of the molecule is COCCCCCNc1cc(OC)c([N+](=O)[O-])cc1F. The van der Waals surface area contributed by atoms with Crippen LogP contribution in [-0.2, 0) is 4.74 Å². The van der Waals surface area contributed by atoms with E-state index in [1.54, 1.807) is 7.11 Å². The second kappa shape index (κ2) is 8.31. The summed E-state index contributed by atoms with van der Waals surface area (Å²) in [6.07, 6.45) is 2.78. The average Bonchev–Trinajstić information content (AvgIpc) is 2.43. The van der Waals surface area contributed by atoms with Crippen molar-refractivity contribution in [2.75, 3.05) is 32.7 Å². The number of nitro benzene ring substituents is 1. The fourth-order valence-electron chi connectivity index (χ4n) is 1.76. The molecule has 0 atom stereocenters. The van der Waals surface area contributed by atoms with Gasteiger partial charge in [-0.15, -0.1) is 0 Å². The second-order valence-electron chi connectivity index (χ2n) is 4.24.